The zero-order chi connectivity index (χ0) is 14.4. The van der Waals surface area contributed by atoms with Crippen molar-refractivity contribution in [1.29, 1.82) is 0 Å². The van der Waals surface area contributed by atoms with Crippen LogP contribution in [-0.4, -0.2) is 17.7 Å². The number of aryl methyl sites for hydroxylation is 2. The molecule has 3 nitrogen and oxygen atoms in total. The minimum atomic E-state index is -0.0486. The quantitative estimate of drug-likeness (QED) is 0.799. The molecule has 19 heavy (non-hydrogen) atoms. The highest BCUT2D eigenvalue weighted by Crippen LogP contribution is 2.13. The largest absolute Gasteiger partial charge is 0.354 e. The molecule has 0 heterocycles. The summed E-state index contributed by atoms with van der Waals surface area (Å²) in [4.78, 5) is 23.7. The maximum atomic E-state index is 12.1. The number of hydrogen-bond donors (Lipinski definition) is 1. The molecule has 1 amide bonds. The molecule has 3 heteroatoms. The van der Waals surface area contributed by atoms with Gasteiger partial charge in [-0.25, -0.2) is 0 Å². The fraction of sp³-hybridized carbons (Fsp3) is 0.500. The molecule has 1 atom stereocenters. The molecule has 1 unspecified atom stereocenters. The first-order valence-electron chi connectivity index (χ1n) is 6.83. The number of ketones is 1. The molecule has 0 radical (unpaired) electrons. The Balaban J connectivity index is 2.54. The molecule has 1 aromatic rings. The van der Waals surface area contributed by atoms with E-state index >= 15 is 0 Å². The molecule has 0 saturated carbocycles. The fourth-order valence-electron chi connectivity index (χ4n) is 1.94. The molecule has 0 bridgehead atoms. The Labute approximate surface area is 115 Å². The molecule has 0 aromatic heterocycles. The lowest BCUT2D eigenvalue weighted by atomic mass is 9.99. The van der Waals surface area contributed by atoms with Gasteiger partial charge < -0.3 is 5.32 Å². The molecule has 0 aliphatic rings. The highest BCUT2D eigenvalue weighted by Gasteiger charge is 2.12. The van der Waals surface area contributed by atoms with E-state index < -0.39 is 0 Å². The van der Waals surface area contributed by atoms with E-state index in [-0.39, 0.29) is 30.6 Å². The highest BCUT2D eigenvalue weighted by atomic mass is 16.2. The van der Waals surface area contributed by atoms with Crippen LogP contribution in [0.2, 0.25) is 0 Å². The van der Waals surface area contributed by atoms with Gasteiger partial charge in [0.05, 0.1) is 0 Å². The van der Waals surface area contributed by atoms with Crippen molar-refractivity contribution in [2.75, 3.05) is 0 Å². The van der Waals surface area contributed by atoms with Crippen molar-refractivity contribution >= 4 is 11.7 Å². The molecule has 1 rings (SSSR count). The molecule has 0 aliphatic heterocycles. The number of nitrogens with one attached hydrogen (secondary N) is 1. The second kappa shape index (κ2) is 7.07. The third-order valence-corrected chi connectivity index (χ3v) is 3.28. The number of Topliss-reactive ketones (excluding diaryl/α,β-unsaturated/α-hetero) is 1. The van der Waals surface area contributed by atoms with Crippen LogP contribution >= 0.6 is 0 Å². The van der Waals surface area contributed by atoms with Crippen LogP contribution in [0, 0.1) is 13.8 Å². The molecule has 0 aliphatic carbocycles. The van der Waals surface area contributed by atoms with E-state index in [4.69, 9.17) is 0 Å². The van der Waals surface area contributed by atoms with E-state index in [1.807, 2.05) is 45.9 Å². The number of hydrogen-bond acceptors (Lipinski definition) is 2. The van der Waals surface area contributed by atoms with Crippen molar-refractivity contribution in [3.8, 4) is 0 Å². The predicted molar refractivity (Wildman–Crippen MR) is 77.4 cm³/mol. The lowest BCUT2D eigenvalue weighted by molar-refractivity contribution is -0.121. The van der Waals surface area contributed by atoms with Gasteiger partial charge in [-0.15, -0.1) is 0 Å². The number of benzene rings is 1. The number of amides is 1. The Hall–Kier alpha value is -1.64. The number of carbonyl (C=O) groups excluding carboxylic acids is 2. The van der Waals surface area contributed by atoms with Crippen LogP contribution in [0.5, 0.6) is 0 Å². The van der Waals surface area contributed by atoms with Crippen molar-refractivity contribution in [3.63, 3.8) is 0 Å². The van der Waals surface area contributed by atoms with E-state index in [1.165, 1.54) is 0 Å². The summed E-state index contributed by atoms with van der Waals surface area (Å²) in [5, 5.41) is 2.87. The predicted octanol–water partition coefficient (Wildman–Crippen LogP) is 3.18. The summed E-state index contributed by atoms with van der Waals surface area (Å²) < 4.78 is 0. The molecule has 0 saturated heterocycles. The SMILES string of the molecule is CCC(C)NC(=O)CCC(=O)c1ccc(C)cc1C. The van der Waals surface area contributed by atoms with Gasteiger partial charge in [0.1, 0.15) is 0 Å². The zero-order valence-corrected chi connectivity index (χ0v) is 12.2. The molecule has 1 N–H and O–H groups in total. The standard InChI is InChI=1S/C16H23NO2/c1-5-13(4)17-16(19)9-8-15(18)14-7-6-11(2)10-12(14)3/h6-7,10,13H,5,8-9H2,1-4H3,(H,17,19). The molecular weight excluding hydrogens is 238 g/mol. The molecular formula is C16H23NO2. The molecule has 1 aromatic carbocycles. The van der Waals surface area contributed by atoms with Gasteiger partial charge in [0.15, 0.2) is 5.78 Å². The second-order valence-electron chi connectivity index (χ2n) is 5.12. The summed E-state index contributed by atoms with van der Waals surface area (Å²) in [6, 6.07) is 5.94. The Morgan fingerprint density at radius 1 is 1.21 bits per heavy atom. The van der Waals surface area contributed by atoms with Crippen molar-refractivity contribution in [2.24, 2.45) is 0 Å². The number of carbonyl (C=O) groups is 2. The number of rotatable bonds is 6. The van der Waals surface area contributed by atoms with Crippen LogP contribution in [0.3, 0.4) is 0 Å². The summed E-state index contributed by atoms with van der Waals surface area (Å²) in [6.07, 6.45) is 1.43. The molecule has 0 spiro atoms. The first kappa shape index (κ1) is 15.4. The van der Waals surface area contributed by atoms with Gasteiger partial charge in [-0.3, -0.25) is 9.59 Å². The summed E-state index contributed by atoms with van der Waals surface area (Å²) in [5.74, 6) is -0.00994. The second-order valence-corrected chi connectivity index (χ2v) is 5.12. The maximum absolute atomic E-state index is 12.1. The van der Waals surface area contributed by atoms with Gasteiger partial charge in [-0.2, -0.15) is 0 Å². The van der Waals surface area contributed by atoms with Gasteiger partial charge in [0.25, 0.3) is 0 Å². The summed E-state index contributed by atoms with van der Waals surface area (Å²) in [7, 11) is 0. The van der Waals surface area contributed by atoms with Crippen molar-refractivity contribution in [2.45, 2.75) is 53.0 Å². The highest BCUT2D eigenvalue weighted by molar-refractivity contribution is 5.99. The molecule has 0 fully saturated rings. The van der Waals surface area contributed by atoms with E-state index in [0.717, 1.165) is 23.1 Å². The van der Waals surface area contributed by atoms with Crippen molar-refractivity contribution in [3.05, 3.63) is 34.9 Å². The van der Waals surface area contributed by atoms with Crippen molar-refractivity contribution in [1.82, 2.24) is 5.32 Å². The first-order valence-corrected chi connectivity index (χ1v) is 6.83. The Morgan fingerprint density at radius 2 is 1.89 bits per heavy atom. The van der Waals surface area contributed by atoms with Gasteiger partial charge in [-0.1, -0.05) is 30.7 Å². The van der Waals surface area contributed by atoms with Crippen LogP contribution in [-0.2, 0) is 4.79 Å². The van der Waals surface area contributed by atoms with Crippen LogP contribution in [0.25, 0.3) is 0 Å². The van der Waals surface area contributed by atoms with Crippen LogP contribution in [0.4, 0.5) is 0 Å². The lowest BCUT2D eigenvalue weighted by Crippen LogP contribution is -2.32. The maximum Gasteiger partial charge on any atom is 0.220 e. The minimum absolute atomic E-state index is 0.0387. The van der Waals surface area contributed by atoms with E-state index in [9.17, 15) is 9.59 Å². The van der Waals surface area contributed by atoms with E-state index in [1.54, 1.807) is 0 Å². The normalized spacial score (nSPS) is 12.0. The fourth-order valence-corrected chi connectivity index (χ4v) is 1.94. The van der Waals surface area contributed by atoms with Gasteiger partial charge in [0.2, 0.25) is 5.91 Å². The minimum Gasteiger partial charge on any atom is -0.354 e. The average Bonchev–Trinajstić information content (AvgIpc) is 2.35. The van der Waals surface area contributed by atoms with Crippen LogP contribution < -0.4 is 5.32 Å². The Morgan fingerprint density at radius 3 is 2.47 bits per heavy atom. The van der Waals surface area contributed by atoms with Gasteiger partial charge in [-0.05, 0) is 32.8 Å². The average molecular weight is 261 g/mol. The zero-order valence-electron chi connectivity index (χ0n) is 12.2. The third kappa shape index (κ3) is 4.86. The Bertz CT molecular complexity index is 466. The topological polar surface area (TPSA) is 46.2 Å². The monoisotopic (exact) mass is 261 g/mol. The summed E-state index contributed by atoms with van der Waals surface area (Å²) >= 11 is 0. The summed E-state index contributed by atoms with van der Waals surface area (Å²) in [5.41, 5.74) is 2.85. The van der Waals surface area contributed by atoms with Gasteiger partial charge in [0, 0.05) is 24.4 Å². The third-order valence-electron chi connectivity index (χ3n) is 3.28. The van der Waals surface area contributed by atoms with Crippen molar-refractivity contribution < 1.29 is 9.59 Å². The Kier molecular flexibility index (Phi) is 5.74. The summed E-state index contributed by atoms with van der Waals surface area (Å²) in [6.45, 7) is 7.91. The van der Waals surface area contributed by atoms with Crippen LogP contribution in [0.15, 0.2) is 18.2 Å². The molecule has 104 valence electrons. The smallest absolute Gasteiger partial charge is 0.220 e. The van der Waals surface area contributed by atoms with E-state index in [0.29, 0.717) is 0 Å². The van der Waals surface area contributed by atoms with E-state index in [2.05, 4.69) is 5.32 Å². The lowest BCUT2D eigenvalue weighted by Gasteiger charge is -2.11. The van der Waals surface area contributed by atoms with Gasteiger partial charge >= 0.3 is 0 Å². The van der Waals surface area contributed by atoms with Crippen LogP contribution in [0.1, 0.15) is 54.6 Å². The first-order chi connectivity index (χ1) is 8.93.